The third-order valence-corrected chi connectivity index (χ3v) is 1.88. The molecule has 0 bridgehead atoms. The first-order valence-electron chi connectivity index (χ1n) is 6.44. The monoisotopic (exact) mass is 276 g/mol. The minimum Gasteiger partial charge on any atom is -0.397 e. The first-order chi connectivity index (χ1) is 9.11. The molecule has 2 aromatic carbocycles. The van der Waals surface area contributed by atoms with Crippen molar-refractivity contribution in [3.05, 3.63) is 60.7 Å². The maximum absolute atomic E-state index is 7.57. The van der Waals surface area contributed by atoms with Crippen molar-refractivity contribution >= 4 is 7.92 Å². The molecule has 0 heterocycles. The predicted octanol–water partition coefficient (Wildman–Crippen LogP) is 4.71. The summed E-state index contributed by atoms with van der Waals surface area (Å²) in [7, 11) is 0.380. The highest BCUT2D eigenvalue weighted by molar-refractivity contribution is 7.55. The van der Waals surface area contributed by atoms with Crippen LogP contribution in [0.15, 0.2) is 60.7 Å². The van der Waals surface area contributed by atoms with E-state index in [1.165, 1.54) is 11.1 Å². The first kappa shape index (κ1) is 17.8. The van der Waals surface area contributed by atoms with Crippen molar-refractivity contribution < 1.29 is 5.11 Å². The minimum atomic E-state index is 0.250. The zero-order chi connectivity index (χ0) is 14.5. The molecule has 2 rings (SSSR count). The molecule has 0 aromatic heterocycles. The van der Waals surface area contributed by atoms with Gasteiger partial charge in [0.1, 0.15) is 0 Å². The molecule has 0 spiro atoms. The van der Waals surface area contributed by atoms with Crippen molar-refractivity contribution in [1.82, 2.24) is 0 Å². The molecule has 0 amide bonds. The fourth-order valence-corrected chi connectivity index (χ4v) is 1.26. The summed E-state index contributed by atoms with van der Waals surface area (Å²) in [5.74, 6) is 0. The second kappa shape index (κ2) is 11.9. The molecule has 0 aliphatic heterocycles. The van der Waals surface area contributed by atoms with E-state index in [0.717, 1.165) is 0 Å². The normalized spacial score (nSPS) is 8.95. The largest absolute Gasteiger partial charge is 0.397 e. The van der Waals surface area contributed by atoms with E-state index in [1.807, 2.05) is 12.1 Å². The Morgan fingerprint density at radius 1 is 0.737 bits per heavy atom. The van der Waals surface area contributed by atoms with Gasteiger partial charge in [-0.1, -0.05) is 60.7 Å². The summed E-state index contributed by atoms with van der Waals surface area (Å²) in [6.45, 7) is 8.62. The van der Waals surface area contributed by atoms with Crippen molar-refractivity contribution in [2.24, 2.45) is 0 Å². The van der Waals surface area contributed by atoms with Crippen LogP contribution in [0.3, 0.4) is 0 Å². The van der Waals surface area contributed by atoms with E-state index in [-0.39, 0.29) is 6.61 Å². The van der Waals surface area contributed by atoms with Crippen LogP contribution in [0, 0.1) is 0 Å². The van der Waals surface area contributed by atoms with Crippen LogP contribution in [0.4, 0.5) is 0 Å². The number of aliphatic hydroxyl groups excluding tert-OH is 1. The fraction of sp³-hybridized carbons (Fsp3) is 0.294. The molecule has 104 valence electrons. The van der Waals surface area contributed by atoms with Crippen LogP contribution in [-0.4, -0.2) is 31.7 Å². The quantitative estimate of drug-likeness (QED) is 0.748. The molecule has 0 unspecified atom stereocenters. The number of hydrogen-bond donors (Lipinski definition) is 1. The van der Waals surface area contributed by atoms with Gasteiger partial charge in [-0.05, 0) is 38.0 Å². The topological polar surface area (TPSA) is 20.2 Å². The van der Waals surface area contributed by atoms with Gasteiger partial charge in [0, 0.05) is 6.61 Å². The lowest BCUT2D eigenvalue weighted by Crippen LogP contribution is -1.73. The first-order valence-corrected chi connectivity index (χ1v) is 9.12. The average Bonchev–Trinajstić information content (AvgIpc) is 2.41. The Bertz CT molecular complexity index is 358. The third-order valence-electron chi connectivity index (χ3n) is 1.88. The molecule has 0 atom stereocenters. The molecule has 0 saturated heterocycles. The molecule has 1 nitrogen and oxygen atoms in total. The van der Waals surface area contributed by atoms with Crippen molar-refractivity contribution in [2.45, 2.75) is 6.92 Å². The summed E-state index contributed by atoms with van der Waals surface area (Å²) in [6, 6.07) is 20.8. The van der Waals surface area contributed by atoms with Gasteiger partial charge in [-0.2, -0.15) is 0 Å². The van der Waals surface area contributed by atoms with E-state index in [0.29, 0.717) is 7.92 Å². The van der Waals surface area contributed by atoms with Crippen molar-refractivity contribution in [3.63, 3.8) is 0 Å². The second-order valence-electron chi connectivity index (χ2n) is 4.39. The minimum absolute atomic E-state index is 0.250. The van der Waals surface area contributed by atoms with Gasteiger partial charge in [-0.3, -0.25) is 0 Å². The zero-order valence-corrected chi connectivity index (χ0v) is 13.3. The van der Waals surface area contributed by atoms with E-state index >= 15 is 0 Å². The number of aliphatic hydroxyl groups is 1. The summed E-state index contributed by atoms with van der Waals surface area (Å²) >= 11 is 0. The third kappa shape index (κ3) is 10.4. The SMILES string of the molecule is CCO.CP(C)C.c1ccc(-c2ccccc2)cc1. The average molecular weight is 276 g/mol. The van der Waals surface area contributed by atoms with Gasteiger partial charge in [-0.25, -0.2) is 0 Å². The molecule has 0 aliphatic carbocycles. The van der Waals surface area contributed by atoms with Crippen LogP contribution in [0.2, 0.25) is 0 Å². The summed E-state index contributed by atoms with van der Waals surface area (Å²) in [5.41, 5.74) is 2.55. The van der Waals surface area contributed by atoms with Crippen LogP contribution in [-0.2, 0) is 0 Å². The highest BCUT2D eigenvalue weighted by Gasteiger charge is 1.91. The molecule has 2 heteroatoms. The van der Waals surface area contributed by atoms with Gasteiger partial charge in [0.25, 0.3) is 0 Å². The van der Waals surface area contributed by atoms with E-state index in [1.54, 1.807) is 6.92 Å². The number of rotatable bonds is 1. The molecule has 0 radical (unpaired) electrons. The number of benzene rings is 2. The lowest BCUT2D eigenvalue weighted by atomic mass is 10.1. The molecule has 0 fully saturated rings. The summed E-state index contributed by atoms with van der Waals surface area (Å²) < 4.78 is 0. The van der Waals surface area contributed by atoms with E-state index < -0.39 is 0 Å². The molecular formula is C17H25OP. The summed E-state index contributed by atoms with van der Waals surface area (Å²) in [4.78, 5) is 0. The van der Waals surface area contributed by atoms with Crippen LogP contribution in [0.5, 0.6) is 0 Å². The van der Waals surface area contributed by atoms with Gasteiger partial charge in [0.15, 0.2) is 0 Å². The van der Waals surface area contributed by atoms with Crippen LogP contribution in [0.25, 0.3) is 11.1 Å². The van der Waals surface area contributed by atoms with Crippen molar-refractivity contribution in [1.29, 1.82) is 0 Å². The standard InChI is InChI=1S/C12H10.C3H9P.C2H6O/c1-3-7-11(8-4-1)12-9-5-2-6-10-12;1-4(2)3;1-2-3/h1-10H;1-3H3;3H,2H2,1H3. The van der Waals surface area contributed by atoms with E-state index in [9.17, 15) is 0 Å². The van der Waals surface area contributed by atoms with Crippen LogP contribution >= 0.6 is 7.92 Å². The molecule has 1 N–H and O–H groups in total. The molecule has 2 aromatic rings. The Morgan fingerprint density at radius 3 is 1.16 bits per heavy atom. The Morgan fingerprint density at radius 2 is 0.947 bits per heavy atom. The summed E-state index contributed by atoms with van der Waals surface area (Å²) in [6.07, 6.45) is 0. The predicted molar refractivity (Wildman–Crippen MR) is 89.3 cm³/mol. The molecule has 19 heavy (non-hydrogen) atoms. The highest BCUT2D eigenvalue weighted by Crippen LogP contribution is 2.17. The van der Waals surface area contributed by atoms with Gasteiger partial charge in [-0.15, -0.1) is 7.92 Å². The maximum atomic E-state index is 7.57. The van der Waals surface area contributed by atoms with E-state index in [4.69, 9.17) is 5.11 Å². The number of hydrogen-bond acceptors (Lipinski definition) is 1. The Labute approximate surface area is 119 Å². The summed E-state index contributed by atoms with van der Waals surface area (Å²) in [5, 5.41) is 7.57. The van der Waals surface area contributed by atoms with Crippen molar-refractivity contribution in [2.75, 3.05) is 26.6 Å². The Balaban J connectivity index is 0.000000393. The highest BCUT2D eigenvalue weighted by atomic mass is 31.1. The Hall–Kier alpha value is -1.17. The smallest absolute Gasteiger partial charge is 0.0402 e. The van der Waals surface area contributed by atoms with Crippen LogP contribution in [0.1, 0.15) is 6.92 Å². The van der Waals surface area contributed by atoms with Gasteiger partial charge < -0.3 is 5.11 Å². The molecular weight excluding hydrogens is 251 g/mol. The van der Waals surface area contributed by atoms with Crippen molar-refractivity contribution in [3.8, 4) is 11.1 Å². The fourth-order valence-electron chi connectivity index (χ4n) is 1.26. The second-order valence-corrected chi connectivity index (χ2v) is 7.07. The zero-order valence-electron chi connectivity index (χ0n) is 12.4. The lowest BCUT2D eigenvalue weighted by molar-refractivity contribution is 0.318. The van der Waals surface area contributed by atoms with Gasteiger partial charge in [0.2, 0.25) is 0 Å². The molecule has 0 saturated carbocycles. The maximum Gasteiger partial charge on any atom is 0.0402 e. The van der Waals surface area contributed by atoms with E-state index in [2.05, 4.69) is 68.5 Å². The van der Waals surface area contributed by atoms with Gasteiger partial charge in [0.05, 0.1) is 0 Å². The van der Waals surface area contributed by atoms with Crippen LogP contribution < -0.4 is 0 Å². The molecule has 0 aliphatic rings. The lowest BCUT2D eigenvalue weighted by Gasteiger charge is -1.98. The Kier molecular flexibility index (Phi) is 11.2. The van der Waals surface area contributed by atoms with Gasteiger partial charge >= 0.3 is 0 Å².